The zero-order chi connectivity index (χ0) is 14.3. The molecule has 1 unspecified atom stereocenters. The van der Waals surface area contributed by atoms with Crippen LogP contribution in [-0.4, -0.2) is 12.1 Å². The topological polar surface area (TPSA) is 21.3 Å². The largest absolute Gasteiger partial charge is 0.487 e. The van der Waals surface area contributed by atoms with Crippen LogP contribution in [0.1, 0.15) is 58.7 Å². The molecule has 1 aromatic rings. The minimum atomic E-state index is -0.0592. The molecule has 1 atom stereocenters. The molecule has 2 rings (SSSR count). The van der Waals surface area contributed by atoms with E-state index in [4.69, 9.17) is 4.74 Å². The number of nitrogens with one attached hydrogen (secondary N) is 1. The van der Waals surface area contributed by atoms with Gasteiger partial charge in [-0.05, 0) is 43.0 Å². The fourth-order valence-electron chi connectivity index (χ4n) is 2.94. The maximum Gasteiger partial charge on any atom is 0.123 e. The predicted molar refractivity (Wildman–Crippen MR) is 80.7 cm³/mol. The normalized spacial score (nSPS) is 18.8. The maximum absolute atomic E-state index is 5.95. The van der Waals surface area contributed by atoms with Gasteiger partial charge in [0.15, 0.2) is 0 Å². The molecular formula is C17H27NO. The third-order valence-electron chi connectivity index (χ3n) is 3.69. The fraction of sp³-hybridized carbons (Fsp3) is 0.647. The summed E-state index contributed by atoms with van der Waals surface area (Å²) in [6.07, 6.45) is 0.999. The highest BCUT2D eigenvalue weighted by atomic mass is 16.5. The first-order valence-electron chi connectivity index (χ1n) is 7.28. The molecule has 1 aliphatic heterocycles. The van der Waals surface area contributed by atoms with Crippen LogP contribution >= 0.6 is 0 Å². The van der Waals surface area contributed by atoms with E-state index >= 15 is 0 Å². The van der Waals surface area contributed by atoms with Crippen LogP contribution in [0.5, 0.6) is 5.75 Å². The fourth-order valence-corrected chi connectivity index (χ4v) is 2.94. The van der Waals surface area contributed by atoms with Crippen LogP contribution in [0, 0.1) is 5.41 Å². The summed E-state index contributed by atoms with van der Waals surface area (Å²) in [5, 5.41) is 3.61. The Morgan fingerprint density at radius 2 is 2.00 bits per heavy atom. The summed E-state index contributed by atoms with van der Waals surface area (Å²) in [6, 6.07) is 7.04. The van der Waals surface area contributed by atoms with Crippen molar-refractivity contribution in [1.82, 2.24) is 5.32 Å². The molecule has 1 aliphatic rings. The summed E-state index contributed by atoms with van der Waals surface area (Å²) >= 11 is 0. The molecule has 19 heavy (non-hydrogen) atoms. The number of fused-ring (bicyclic) bond motifs is 1. The SMILES string of the molecule is CCNC(c1ccc2c(c1)CC(C)(C)O2)C(C)(C)C. The Hall–Kier alpha value is -1.02. The van der Waals surface area contributed by atoms with Gasteiger partial charge < -0.3 is 10.1 Å². The van der Waals surface area contributed by atoms with Gasteiger partial charge in [-0.1, -0.05) is 39.8 Å². The predicted octanol–water partition coefficient (Wildman–Crippen LogP) is 4.10. The van der Waals surface area contributed by atoms with Gasteiger partial charge >= 0.3 is 0 Å². The molecule has 0 fully saturated rings. The van der Waals surface area contributed by atoms with Crippen molar-refractivity contribution in [1.29, 1.82) is 0 Å². The van der Waals surface area contributed by atoms with Crippen LogP contribution in [0.3, 0.4) is 0 Å². The van der Waals surface area contributed by atoms with Gasteiger partial charge in [-0.15, -0.1) is 0 Å². The Bertz CT molecular complexity index is 457. The highest BCUT2D eigenvalue weighted by Gasteiger charge is 2.32. The molecule has 0 aliphatic carbocycles. The Morgan fingerprint density at radius 3 is 2.58 bits per heavy atom. The maximum atomic E-state index is 5.95. The Labute approximate surface area is 117 Å². The van der Waals surface area contributed by atoms with Crippen molar-refractivity contribution in [2.24, 2.45) is 5.41 Å². The lowest BCUT2D eigenvalue weighted by Gasteiger charge is -2.32. The molecule has 1 aromatic carbocycles. The molecular weight excluding hydrogens is 234 g/mol. The summed E-state index contributed by atoms with van der Waals surface area (Å²) < 4.78 is 5.95. The van der Waals surface area contributed by atoms with Crippen molar-refractivity contribution in [3.8, 4) is 5.75 Å². The third kappa shape index (κ3) is 3.11. The van der Waals surface area contributed by atoms with Crippen LogP contribution in [-0.2, 0) is 6.42 Å². The lowest BCUT2D eigenvalue weighted by molar-refractivity contribution is 0.138. The van der Waals surface area contributed by atoms with E-state index in [9.17, 15) is 0 Å². The molecule has 1 heterocycles. The van der Waals surface area contributed by atoms with Crippen LogP contribution in [0.4, 0.5) is 0 Å². The van der Waals surface area contributed by atoms with Crippen molar-refractivity contribution in [2.45, 2.75) is 59.6 Å². The number of ether oxygens (including phenoxy) is 1. The molecule has 2 heteroatoms. The number of benzene rings is 1. The average molecular weight is 261 g/mol. The second-order valence-electron chi connectivity index (χ2n) is 7.26. The van der Waals surface area contributed by atoms with Gasteiger partial charge in [-0.2, -0.15) is 0 Å². The number of rotatable bonds is 3. The van der Waals surface area contributed by atoms with Crippen LogP contribution in [0.25, 0.3) is 0 Å². The molecule has 2 nitrogen and oxygen atoms in total. The quantitative estimate of drug-likeness (QED) is 0.884. The summed E-state index contributed by atoms with van der Waals surface area (Å²) in [5.74, 6) is 1.05. The zero-order valence-electron chi connectivity index (χ0n) is 13.1. The summed E-state index contributed by atoms with van der Waals surface area (Å²) in [5.41, 5.74) is 2.86. The molecule has 0 bridgehead atoms. The zero-order valence-corrected chi connectivity index (χ0v) is 13.1. The van der Waals surface area contributed by atoms with E-state index in [0.29, 0.717) is 6.04 Å². The average Bonchev–Trinajstić information content (AvgIpc) is 2.56. The lowest BCUT2D eigenvalue weighted by Crippen LogP contribution is -2.32. The molecule has 106 valence electrons. The molecule has 0 saturated heterocycles. The summed E-state index contributed by atoms with van der Waals surface area (Å²) in [4.78, 5) is 0. The van der Waals surface area contributed by atoms with Crippen LogP contribution in [0.2, 0.25) is 0 Å². The number of hydrogen-bond acceptors (Lipinski definition) is 2. The van der Waals surface area contributed by atoms with Crippen molar-refractivity contribution < 1.29 is 4.74 Å². The van der Waals surface area contributed by atoms with Crippen LogP contribution < -0.4 is 10.1 Å². The molecule has 0 amide bonds. The summed E-state index contributed by atoms with van der Waals surface area (Å²) in [6.45, 7) is 14.3. The monoisotopic (exact) mass is 261 g/mol. The van der Waals surface area contributed by atoms with Crippen molar-refractivity contribution in [3.05, 3.63) is 29.3 Å². The first kappa shape index (κ1) is 14.4. The highest BCUT2D eigenvalue weighted by molar-refractivity contribution is 5.43. The first-order chi connectivity index (χ1) is 8.73. The molecule has 1 N–H and O–H groups in total. The third-order valence-corrected chi connectivity index (χ3v) is 3.69. The standard InChI is InChI=1S/C17H27NO/c1-7-18-15(16(2,3)4)12-8-9-14-13(10-12)11-17(5,6)19-14/h8-10,15,18H,7,11H2,1-6H3. The van der Waals surface area contributed by atoms with Gasteiger partial charge in [0.05, 0.1) is 0 Å². The molecule has 0 radical (unpaired) electrons. The van der Waals surface area contributed by atoms with Crippen molar-refractivity contribution in [2.75, 3.05) is 6.54 Å². The van der Waals surface area contributed by atoms with E-state index in [1.807, 2.05) is 0 Å². The molecule has 0 spiro atoms. The van der Waals surface area contributed by atoms with E-state index in [1.165, 1.54) is 11.1 Å². The molecule has 0 saturated carbocycles. The van der Waals surface area contributed by atoms with Gasteiger partial charge in [0.1, 0.15) is 11.4 Å². The Morgan fingerprint density at radius 1 is 1.32 bits per heavy atom. The van der Waals surface area contributed by atoms with Crippen molar-refractivity contribution >= 4 is 0 Å². The van der Waals surface area contributed by atoms with E-state index < -0.39 is 0 Å². The highest BCUT2D eigenvalue weighted by Crippen LogP contribution is 2.39. The van der Waals surface area contributed by atoms with Crippen molar-refractivity contribution in [3.63, 3.8) is 0 Å². The first-order valence-corrected chi connectivity index (χ1v) is 7.28. The van der Waals surface area contributed by atoms with Gasteiger partial charge in [0.2, 0.25) is 0 Å². The van der Waals surface area contributed by atoms with E-state index in [2.05, 4.69) is 65.1 Å². The molecule has 0 aromatic heterocycles. The lowest BCUT2D eigenvalue weighted by atomic mass is 9.81. The van der Waals surface area contributed by atoms with E-state index in [1.54, 1.807) is 0 Å². The van der Waals surface area contributed by atoms with Crippen LogP contribution in [0.15, 0.2) is 18.2 Å². The second-order valence-corrected chi connectivity index (χ2v) is 7.26. The smallest absolute Gasteiger partial charge is 0.123 e. The van der Waals surface area contributed by atoms with Gasteiger partial charge in [-0.3, -0.25) is 0 Å². The van der Waals surface area contributed by atoms with Gasteiger partial charge in [0.25, 0.3) is 0 Å². The minimum absolute atomic E-state index is 0.0592. The van der Waals surface area contributed by atoms with Gasteiger partial charge in [0, 0.05) is 12.5 Å². The van der Waals surface area contributed by atoms with E-state index in [-0.39, 0.29) is 11.0 Å². The van der Waals surface area contributed by atoms with Gasteiger partial charge in [-0.25, -0.2) is 0 Å². The summed E-state index contributed by atoms with van der Waals surface area (Å²) in [7, 11) is 0. The Balaban J connectivity index is 2.32. The second kappa shape index (κ2) is 4.82. The number of hydrogen-bond donors (Lipinski definition) is 1. The minimum Gasteiger partial charge on any atom is -0.487 e. The van der Waals surface area contributed by atoms with E-state index in [0.717, 1.165) is 18.7 Å². The Kier molecular flexibility index (Phi) is 3.65.